The van der Waals surface area contributed by atoms with Crippen LogP contribution in [0.4, 0.5) is 5.69 Å². The summed E-state index contributed by atoms with van der Waals surface area (Å²) in [5.74, 6) is -0.0982. The van der Waals surface area contributed by atoms with E-state index in [4.69, 9.17) is 0 Å². The van der Waals surface area contributed by atoms with Crippen molar-refractivity contribution in [1.82, 2.24) is 5.32 Å². The van der Waals surface area contributed by atoms with Gasteiger partial charge in [-0.3, -0.25) is 9.59 Å². The zero-order valence-electron chi connectivity index (χ0n) is 13.7. The molecule has 4 heteroatoms. The number of rotatable bonds is 3. The Morgan fingerprint density at radius 2 is 1.64 bits per heavy atom. The van der Waals surface area contributed by atoms with Crippen LogP contribution in [-0.4, -0.2) is 24.4 Å². The summed E-state index contributed by atoms with van der Waals surface area (Å²) in [6.07, 6.45) is 0.325. The van der Waals surface area contributed by atoms with Crippen molar-refractivity contribution in [3.8, 4) is 0 Å². The molecule has 25 heavy (non-hydrogen) atoms. The fourth-order valence-electron chi connectivity index (χ4n) is 3.35. The van der Waals surface area contributed by atoms with E-state index in [1.807, 2.05) is 72.8 Å². The number of carbonyl (C=O) groups excluding carboxylic acids is 2. The third-order valence-electron chi connectivity index (χ3n) is 4.56. The average molecular weight is 330 g/mol. The Labute approximate surface area is 146 Å². The molecule has 1 aliphatic rings. The van der Waals surface area contributed by atoms with Crippen molar-refractivity contribution in [1.29, 1.82) is 0 Å². The average Bonchev–Trinajstić information content (AvgIpc) is 3.02. The molecule has 1 heterocycles. The predicted octanol–water partition coefficient (Wildman–Crippen LogP) is 3.38. The third kappa shape index (κ3) is 2.98. The Kier molecular flexibility index (Phi) is 3.94. The Morgan fingerprint density at radius 3 is 2.48 bits per heavy atom. The zero-order valence-corrected chi connectivity index (χ0v) is 13.7. The van der Waals surface area contributed by atoms with Crippen molar-refractivity contribution in [2.75, 3.05) is 11.4 Å². The molecule has 1 fully saturated rings. The van der Waals surface area contributed by atoms with Gasteiger partial charge in [0.15, 0.2) is 0 Å². The first-order chi connectivity index (χ1) is 12.2. The molecule has 1 unspecified atom stereocenters. The second kappa shape index (κ2) is 6.40. The Balaban J connectivity index is 1.53. The number of anilines is 1. The highest BCUT2D eigenvalue weighted by Gasteiger charge is 2.31. The summed E-state index contributed by atoms with van der Waals surface area (Å²) in [4.78, 5) is 26.7. The van der Waals surface area contributed by atoms with Crippen molar-refractivity contribution >= 4 is 28.3 Å². The number of hydrogen-bond donors (Lipinski definition) is 1. The first-order valence-electron chi connectivity index (χ1n) is 8.36. The van der Waals surface area contributed by atoms with Crippen molar-refractivity contribution in [3.05, 3.63) is 78.4 Å². The highest BCUT2D eigenvalue weighted by atomic mass is 16.2. The number of benzene rings is 3. The Bertz CT molecular complexity index is 932. The number of carbonyl (C=O) groups is 2. The molecule has 0 spiro atoms. The molecular formula is C21H18N2O2. The smallest absolute Gasteiger partial charge is 0.252 e. The quantitative estimate of drug-likeness (QED) is 0.800. The molecule has 0 aromatic heterocycles. The van der Waals surface area contributed by atoms with Gasteiger partial charge in [-0.25, -0.2) is 0 Å². The normalized spacial score (nSPS) is 17.0. The van der Waals surface area contributed by atoms with Gasteiger partial charge in [0.2, 0.25) is 5.91 Å². The highest BCUT2D eigenvalue weighted by molar-refractivity contribution is 6.07. The predicted molar refractivity (Wildman–Crippen MR) is 98.6 cm³/mol. The summed E-state index contributed by atoms with van der Waals surface area (Å²) in [6, 6.07) is 22.9. The van der Waals surface area contributed by atoms with Crippen molar-refractivity contribution in [3.63, 3.8) is 0 Å². The molecule has 1 atom stereocenters. The summed E-state index contributed by atoms with van der Waals surface area (Å²) < 4.78 is 0. The maximum atomic E-state index is 12.7. The minimum atomic E-state index is -0.181. The van der Waals surface area contributed by atoms with Crippen LogP contribution in [0.25, 0.3) is 10.8 Å². The summed E-state index contributed by atoms with van der Waals surface area (Å²) in [7, 11) is 0. The van der Waals surface area contributed by atoms with E-state index >= 15 is 0 Å². The lowest BCUT2D eigenvalue weighted by Crippen LogP contribution is -2.37. The van der Waals surface area contributed by atoms with E-state index in [2.05, 4.69) is 5.32 Å². The van der Waals surface area contributed by atoms with E-state index in [-0.39, 0.29) is 17.9 Å². The molecule has 4 nitrogen and oxygen atoms in total. The molecule has 4 rings (SSSR count). The Morgan fingerprint density at radius 1 is 0.920 bits per heavy atom. The van der Waals surface area contributed by atoms with E-state index in [1.165, 1.54) is 0 Å². The van der Waals surface area contributed by atoms with E-state index in [0.717, 1.165) is 16.5 Å². The highest BCUT2D eigenvalue weighted by Crippen LogP contribution is 2.22. The van der Waals surface area contributed by atoms with Gasteiger partial charge >= 0.3 is 0 Å². The van der Waals surface area contributed by atoms with Gasteiger partial charge in [-0.15, -0.1) is 0 Å². The monoisotopic (exact) mass is 330 g/mol. The molecule has 0 saturated carbocycles. The van der Waals surface area contributed by atoms with Gasteiger partial charge < -0.3 is 10.2 Å². The number of nitrogens with one attached hydrogen (secondary N) is 1. The number of fused-ring (bicyclic) bond motifs is 1. The van der Waals surface area contributed by atoms with E-state index in [0.29, 0.717) is 18.5 Å². The van der Waals surface area contributed by atoms with Gasteiger partial charge in [0.05, 0.1) is 6.04 Å². The van der Waals surface area contributed by atoms with Crippen LogP contribution in [0.5, 0.6) is 0 Å². The lowest BCUT2D eigenvalue weighted by atomic mass is 10.0. The summed E-state index contributed by atoms with van der Waals surface area (Å²) >= 11 is 0. The fraction of sp³-hybridized carbons (Fsp3) is 0.143. The van der Waals surface area contributed by atoms with E-state index in [9.17, 15) is 9.59 Å². The molecule has 1 aliphatic heterocycles. The van der Waals surface area contributed by atoms with Crippen LogP contribution in [0.2, 0.25) is 0 Å². The zero-order chi connectivity index (χ0) is 17.2. The van der Waals surface area contributed by atoms with Crippen LogP contribution in [0.1, 0.15) is 16.8 Å². The molecule has 0 aliphatic carbocycles. The van der Waals surface area contributed by atoms with Crippen LogP contribution >= 0.6 is 0 Å². The Hall–Kier alpha value is -3.14. The van der Waals surface area contributed by atoms with Gasteiger partial charge in [-0.1, -0.05) is 54.6 Å². The van der Waals surface area contributed by atoms with Crippen LogP contribution < -0.4 is 10.2 Å². The maximum Gasteiger partial charge on any atom is 0.252 e. The largest absolute Gasteiger partial charge is 0.347 e. The van der Waals surface area contributed by atoms with Gasteiger partial charge in [-0.2, -0.15) is 0 Å². The second-order valence-electron chi connectivity index (χ2n) is 6.24. The second-order valence-corrected chi connectivity index (χ2v) is 6.24. The lowest BCUT2D eigenvalue weighted by Gasteiger charge is -2.17. The maximum absolute atomic E-state index is 12.7. The number of nitrogens with zero attached hydrogens (tertiary/aromatic N) is 1. The number of hydrogen-bond acceptors (Lipinski definition) is 2. The van der Waals surface area contributed by atoms with Crippen LogP contribution in [0.15, 0.2) is 72.8 Å². The molecule has 0 bridgehead atoms. The molecular weight excluding hydrogens is 312 g/mol. The van der Waals surface area contributed by atoms with Crippen molar-refractivity contribution < 1.29 is 9.59 Å². The van der Waals surface area contributed by atoms with Gasteiger partial charge in [0, 0.05) is 24.2 Å². The number of para-hydroxylation sites is 1. The SMILES string of the molecule is O=C(NC1CC(=O)N(c2ccccc2)C1)c1cccc2ccccc12. The molecule has 1 N–H and O–H groups in total. The van der Waals surface area contributed by atoms with Crippen LogP contribution in [0, 0.1) is 0 Å². The lowest BCUT2D eigenvalue weighted by molar-refractivity contribution is -0.117. The van der Waals surface area contributed by atoms with Crippen molar-refractivity contribution in [2.24, 2.45) is 0 Å². The third-order valence-corrected chi connectivity index (χ3v) is 4.56. The minimum absolute atomic E-state index is 0.0365. The molecule has 3 aromatic rings. The van der Waals surface area contributed by atoms with Crippen LogP contribution in [0.3, 0.4) is 0 Å². The fourth-order valence-corrected chi connectivity index (χ4v) is 3.35. The summed E-state index contributed by atoms with van der Waals surface area (Å²) in [6.45, 7) is 0.499. The van der Waals surface area contributed by atoms with Gasteiger partial charge in [0.1, 0.15) is 0 Å². The molecule has 2 amide bonds. The number of amides is 2. The summed E-state index contributed by atoms with van der Waals surface area (Å²) in [5.41, 5.74) is 1.51. The molecule has 3 aromatic carbocycles. The standard InChI is InChI=1S/C21H18N2O2/c24-20-13-16(14-23(20)17-9-2-1-3-10-17)22-21(25)19-12-6-8-15-7-4-5-11-18(15)19/h1-12,16H,13-14H2,(H,22,25). The van der Waals surface area contributed by atoms with Crippen molar-refractivity contribution in [2.45, 2.75) is 12.5 Å². The first-order valence-corrected chi connectivity index (χ1v) is 8.36. The van der Waals surface area contributed by atoms with Crippen LogP contribution in [-0.2, 0) is 4.79 Å². The molecule has 1 saturated heterocycles. The molecule has 0 radical (unpaired) electrons. The van der Waals surface area contributed by atoms with E-state index < -0.39 is 0 Å². The minimum Gasteiger partial charge on any atom is -0.347 e. The van der Waals surface area contributed by atoms with Gasteiger partial charge in [-0.05, 0) is 29.0 Å². The van der Waals surface area contributed by atoms with E-state index in [1.54, 1.807) is 4.90 Å². The first kappa shape index (κ1) is 15.4. The molecule has 124 valence electrons. The summed E-state index contributed by atoms with van der Waals surface area (Å²) in [5, 5.41) is 4.97. The topological polar surface area (TPSA) is 49.4 Å². The van der Waals surface area contributed by atoms with Gasteiger partial charge in [0.25, 0.3) is 5.91 Å².